The highest BCUT2D eigenvalue weighted by atomic mass is 16.6. The van der Waals surface area contributed by atoms with Crippen LogP contribution in [0.15, 0.2) is 18.2 Å². The molecule has 0 radical (unpaired) electrons. The zero-order valence-corrected chi connectivity index (χ0v) is 10.8. The van der Waals surface area contributed by atoms with Gasteiger partial charge in [-0.3, -0.25) is 10.1 Å². The predicted octanol–water partition coefficient (Wildman–Crippen LogP) is 2.46. The molecule has 1 aromatic carbocycles. The average Bonchev–Trinajstić information content (AvgIpc) is 2.32. The number of nitrogens with zero attached hydrogens (tertiary/aromatic N) is 1. The maximum atomic E-state index is 11.0. The Morgan fingerprint density at radius 3 is 2.94 bits per heavy atom. The third kappa shape index (κ3) is 2.79. The first kappa shape index (κ1) is 12.8. The molecule has 0 bridgehead atoms. The highest BCUT2D eigenvalue weighted by Crippen LogP contribution is 2.27. The molecule has 0 amide bonds. The summed E-state index contributed by atoms with van der Waals surface area (Å²) in [5.74, 6) is 0. The van der Waals surface area contributed by atoms with Gasteiger partial charge < -0.3 is 10.6 Å². The maximum absolute atomic E-state index is 11.0. The Balaban J connectivity index is 2.21. The van der Waals surface area contributed by atoms with Crippen molar-refractivity contribution in [2.45, 2.75) is 38.8 Å². The lowest BCUT2D eigenvalue weighted by Crippen LogP contribution is -2.46. The van der Waals surface area contributed by atoms with Crippen LogP contribution in [0.2, 0.25) is 0 Å². The number of aryl methyl sites for hydroxylation is 1. The van der Waals surface area contributed by atoms with Gasteiger partial charge in [-0.15, -0.1) is 0 Å². The van der Waals surface area contributed by atoms with E-state index in [1.165, 1.54) is 0 Å². The summed E-state index contributed by atoms with van der Waals surface area (Å²) in [6.45, 7) is 5.07. The average molecular weight is 249 g/mol. The van der Waals surface area contributed by atoms with Crippen molar-refractivity contribution in [2.75, 3.05) is 11.9 Å². The minimum absolute atomic E-state index is 0.151. The van der Waals surface area contributed by atoms with Crippen LogP contribution >= 0.6 is 0 Å². The van der Waals surface area contributed by atoms with E-state index in [4.69, 9.17) is 0 Å². The van der Waals surface area contributed by atoms with Gasteiger partial charge in [0.05, 0.1) is 4.92 Å². The summed E-state index contributed by atoms with van der Waals surface area (Å²) in [5, 5.41) is 17.7. The van der Waals surface area contributed by atoms with E-state index < -0.39 is 0 Å². The molecule has 18 heavy (non-hydrogen) atoms. The maximum Gasteiger partial charge on any atom is 0.292 e. The van der Waals surface area contributed by atoms with Crippen LogP contribution in [-0.4, -0.2) is 23.6 Å². The topological polar surface area (TPSA) is 67.2 Å². The van der Waals surface area contributed by atoms with E-state index in [0.29, 0.717) is 11.7 Å². The van der Waals surface area contributed by atoms with Crippen molar-refractivity contribution >= 4 is 11.4 Å². The van der Waals surface area contributed by atoms with Crippen molar-refractivity contribution in [3.63, 3.8) is 0 Å². The number of hydrogen-bond acceptors (Lipinski definition) is 4. The summed E-state index contributed by atoms with van der Waals surface area (Å²) in [5.41, 5.74) is 1.80. The summed E-state index contributed by atoms with van der Waals surface area (Å²) >= 11 is 0. The number of nitro benzene ring substituents is 1. The minimum Gasteiger partial charge on any atom is -0.375 e. The zero-order chi connectivity index (χ0) is 13.1. The van der Waals surface area contributed by atoms with E-state index in [-0.39, 0.29) is 16.7 Å². The zero-order valence-electron chi connectivity index (χ0n) is 10.8. The smallest absolute Gasteiger partial charge is 0.292 e. The molecule has 1 heterocycles. The lowest BCUT2D eigenvalue weighted by molar-refractivity contribution is -0.384. The fourth-order valence-electron chi connectivity index (χ4n) is 2.37. The minimum atomic E-state index is -0.331. The van der Waals surface area contributed by atoms with Gasteiger partial charge in [0.25, 0.3) is 5.69 Å². The molecule has 0 aromatic heterocycles. The summed E-state index contributed by atoms with van der Waals surface area (Å²) in [7, 11) is 0. The highest BCUT2D eigenvalue weighted by molar-refractivity contribution is 5.63. The Labute approximate surface area is 107 Å². The summed E-state index contributed by atoms with van der Waals surface area (Å²) < 4.78 is 0. The van der Waals surface area contributed by atoms with Crippen LogP contribution < -0.4 is 10.6 Å². The molecule has 1 aliphatic rings. The van der Waals surface area contributed by atoms with E-state index in [9.17, 15) is 10.1 Å². The fourth-order valence-corrected chi connectivity index (χ4v) is 2.37. The molecular formula is C13H19N3O2. The van der Waals surface area contributed by atoms with Crippen LogP contribution in [-0.2, 0) is 0 Å². The first-order valence-electron chi connectivity index (χ1n) is 6.33. The molecule has 2 rings (SSSR count). The number of piperidine rings is 1. The number of anilines is 1. The van der Waals surface area contributed by atoms with Crippen molar-refractivity contribution in [3.05, 3.63) is 33.9 Å². The van der Waals surface area contributed by atoms with Gasteiger partial charge in [-0.1, -0.05) is 6.07 Å². The van der Waals surface area contributed by atoms with E-state index in [0.717, 1.165) is 24.9 Å². The Bertz CT molecular complexity index is 448. The molecule has 0 spiro atoms. The molecule has 2 unspecified atom stereocenters. The van der Waals surface area contributed by atoms with Crippen molar-refractivity contribution in [3.8, 4) is 0 Å². The molecule has 1 fully saturated rings. The van der Waals surface area contributed by atoms with Crippen LogP contribution in [0.3, 0.4) is 0 Å². The Morgan fingerprint density at radius 1 is 1.50 bits per heavy atom. The van der Waals surface area contributed by atoms with Gasteiger partial charge in [-0.05, 0) is 44.9 Å². The second-order valence-corrected chi connectivity index (χ2v) is 4.91. The van der Waals surface area contributed by atoms with Crippen LogP contribution in [0.5, 0.6) is 0 Å². The molecule has 2 atom stereocenters. The molecule has 1 aromatic rings. The largest absolute Gasteiger partial charge is 0.375 e. The summed E-state index contributed by atoms with van der Waals surface area (Å²) in [6.07, 6.45) is 2.14. The number of rotatable bonds is 3. The standard InChI is InChI=1S/C13H19N3O2/c1-9-5-6-13(16(17)18)12(8-9)15-11-4-3-7-14-10(11)2/h5-6,8,10-11,14-15H,3-4,7H2,1-2H3. The second-order valence-electron chi connectivity index (χ2n) is 4.91. The predicted molar refractivity (Wildman–Crippen MR) is 71.9 cm³/mol. The Hall–Kier alpha value is -1.62. The van der Waals surface area contributed by atoms with Gasteiger partial charge in [0.15, 0.2) is 0 Å². The highest BCUT2D eigenvalue weighted by Gasteiger charge is 2.23. The SMILES string of the molecule is Cc1ccc([N+](=O)[O-])c(NC2CCCNC2C)c1. The molecule has 1 saturated heterocycles. The monoisotopic (exact) mass is 249 g/mol. The lowest BCUT2D eigenvalue weighted by atomic mass is 9.99. The van der Waals surface area contributed by atoms with E-state index in [1.54, 1.807) is 12.1 Å². The number of nitrogens with one attached hydrogen (secondary N) is 2. The third-order valence-electron chi connectivity index (χ3n) is 3.45. The summed E-state index contributed by atoms with van der Waals surface area (Å²) in [6, 6.07) is 5.77. The molecule has 2 N–H and O–H groups in total. The van der Waals surface area contributed by atoms with E-state index in [1.807, 2.05) is 13.0 Å². The van der Waals surface area contributed by atoms with Gasteiger partial charge in [0.1, 0.15) is 5.69 Å². The molecule has 98 valence electrons. The summed E-state index contributed by atoms with van der Waals surface area (Å²) in [4.78, 5) is 10.7. The van der Waals surface area contributed by atoms with Crippen LogP contribution in [0.4, 0.5) is 11.4 Å². The first-order valence-corrected chi connectivity index (χ1v) is 6.33. The van der Waals surface area contributed by atoms with Crippen LogP contribution in [0.1, 0.15) is 25.3 Å². The molecule has 0 aliphatic carbocycles. The van der Waals surface area contributed by atoms with Crippen LogP contribution in [0.25, 0.3) is 0 Å². The van der Waals surface area contributed by atoms with Crippen molar-refractivity contribution in [2.24, 2.45) is 0 Å². The first-order chi connectivity index (χ1) is 8.58. The molecular weight excluding hydrogens is 230 g/mol. The van der Waals surface area contributed by atoms with Gasteiger partial charge in [0.2, 0.25) is 0 Å². The van der Waals surface area contributed by atoms with Crippen molar-refractivity contribution in [1.82, 2.24) is 5.32 Å². The number of nitro groups is 1. The fraction of sp³-hybridized carbons (Fsp3) is 0.538. The van der Waals surface area contributed by atoms with Gasteiger partial charge in [-0.25, -0.2) is 0 Å². The van der Waals surface area contributed by atoms with Crippen LogP contribution in [0, 0.1) is 17.0 Å². The quantitative estimate of drug-likeness (QED) is 0.638. The second kappa shape index (κ2) is 5.35. The van der Waals surface area contributed by atoms with E-state index in [2.05, 4.69) is 17.6 Å². The van der Waals surface area contributed by atoms with Crippen molar-refractivity contribution < 1.29 is 4.92 Å². The molecule has 0 saturated carbocycles. The van der Waals surface area contributed by atoms with E-state index >= 15 is 0 Å². The lowest BCUT2D eigenvalue weighted by Gasteiger charge is -2.31. The molecule has 1 aliphatic heterocycles. The normalized spacial score (nSPS) is 23.7. The van der Waals surface area contributed by atoms with Gasteiger partial charge >= 0.3 is 0 Å². The molecule has 5 heteroatoms. The third-order valence-corrected chi connectivity index (χ3v) is 3.45. The molecule has 5 nitrogen and oxygen atoms in total. The number of benzene rings is 1. The van der Waals surface area contributed by atoms with Gasteiger partial charge in [0, 0.05) is 18.2 Å². The van der Waals surface area contributed by atoms with Gasteiger partial charge in [-0.2, -0.15) is 0 Å². The number of hydrogen-bond donors (Lipinski definition) is 2. The van der Waals surface area contributed by atoms with Crippen molar-refractivity contribution in [1.29, 1.82) is 0 Å². The Morgan fingerprint density at radius 2 is 2.28 bits per heavy atom. The Kier molecular flexibility index (Phi) is 3.81.